The van der Waals surface area contributed by atoms with E-state index in [1.807, 2.05) is 37.3 Å². The van der Waals surface area contributed by atoms with Crippen LogP contribution in [0.15, 0.2) is 30.3 Å². The highest BCUT2D eigenvalue weighted by Crippen LogP contribution is 2.11. The lowest BCUT2D eigenvalue weighted by Gasteiger charge is -2.16. The molecule has 0 aliphatic rings. The normalized spacial score (nSPS) is 12.8. The molecule has 0 saturated heterocycles. The summed E-state index contributed by atoms with van der Waals surface area (Å²) in [6.45, 7) is 4.00. The van der Waals surface area contributed by atoms with E-state index in [1.54, 1.807) is 0 Å². The van der Waals surface area contributed by atoms with Crippen molar-refractivity contribution in [3.05, 3.63) is 35.9 Å². The first-order chi connectivity index (χ1) is 12.4. The van der Waals surface area contributed by atoms with Crippen molar-refractivity contribution in [1.29, 1.82) is 0 Å². The molecular formula is C20H31N3O3. The van der Waals surface area contributed by atoms with Gasteiger partial charge in [0, 0.05) is 12.8 Å². The number of benzene rings is 1. The van der Waals surface area contributed by atoms with Gasteiger partial charge in [0.1, 0.15) is 6.04 Å². The zero-order chi connectivity index (χ0) is 19.4. The molecule has 0 aliphatic carbocycles. The minimum atomic E-state index is -0.661. The molecule has 0 fully saturated rings. The molecule has 6 nitrogen and oxygen atoms in total. The molecule has 3 amide bonds. The van der Waals surface area contributed by atoms with Crippen LogP contribution in [0.2, 0.25) is 0 Å². The van der Waals surface area contributed by atoms with Crippen molar-refractivity contribution < 1.29 is 14.4 Å². The van der Waals surface area contributed by atoms with Crippen LogP contribution in [0.4, 0.5) is 0 Å². The van der Waals surface area contributed by atoms with E-state index in [0.717, 1.165) is 31.2 Å². The van der Waals surface area contributed by atoms with Crippen molar-refractivity contribution in [2.24, 2.45) is 5.73 Å². The van der Waals surface area contributed by atoms with Gasteiger partial charge in [0.25, 0.3) is 0 Å². The van der Waals surface area contributed by atoms with E-state index < -0.39 is 11.9 Å². The van der Waals surface area contributed by atoms with E-state index in [9.17, 15) is 14.4 Å². The number of rotatable bonds is 12. The number of nitrogens with two attached hydrogens (primary N) is 1. The van der Waals surface area contributed by atoms with Gasteiger partial charge >= 0.3 is 0 Å². The Labute approximate surface area is 155 Å². The molecule has 144 valence electrons. The van der Waals surface area contributed by atoms with Gasteiger partial charge in [0.15, 0.2) is 0 Å². The third-order valence-electron chi connectivity index (χ3n) is 4.28. The largest absolute Gasteiger partial charge is 0.368 e. The lowest BCUT2D eigenvalue weighted by atomic mass is 10.1. The highest BCUT2D eigenvalue weighted by molar-refractivity contribution is 5.88. The summed E-state index contributed by atoms with van der Waals surface area (Å²) >= 11 is 0. The third kappa shape index (κ3) is 8.65. The fourth-order valence-electron chi connectivity index (χ4n) is 2.69. The first-order valence-corrected chi connectivity index (χ1v) is 9.37. The summed E-state index contributed by atoms with van der Waals surface area (Å²) in [5.41, 5.74) is 6.36. The topological polar surface area (TPSA) is 101 Å². The van der Waals surface area contributed by atoms with Crippen molar-refractivity contribution in [2.45, 2.75) is 70.9 Å². The number of primary amides is 1. The maximum atomic E-state index is 12.0. The Kier molecular flexibility index (Phi) is 10.1. The van der Waals surface area contributed by atoms with Gasteiger partial charge in [-0.15, -0.1) is 0 Å². The minimum Gasteiger partial charge on any atom is -0.368 e. The predicted octanol–water partition coefficient (Wildman–Crippen LogP) is 2.58. The Morgan fingerprint density at radius 2 is 1.58 bits per heavy atom. The molecular weight excluding hydrogens is 330 g/mol. The molecule has 6 heteroatoms. The first-order valence-electron chi connectivity index (χ1n) is 9.37. The van der Waals surface area contributed by atoms with Gasteiger partial charge in [-0.25, -0.2) is 0 Å². The lowest BCUT2D eigenvalue weighted by Crippen LogP contribution is -2.44. The van der Waals surface area contributed by atoms with Crippen molar-refractivity contribution >= 4 is 17.7 Å². The van der Waals surface area contributed by atoms with E-state index in [4.69, 9.17) is 5.73 Å². The molecule has 0 aliphatic heterocycles. The van der Waals surface area contributed by atoms with Crippen LogP contribution in [0.1, 0.15) is 70.4 Å². The Bertz CT molecular complexity index is 575. The molecule has 0 saturated carbocycles. The van der Waals surface area contributed by atoms with Gasteiger partial charge in [0.2, 0.25) is 17.7 Å². The van der Waals surface area contributed by atoms with Gasteiger partial charge < -0.3 is 16.4 Å². The van der Waals surface area contributed by atoms with E-state index in [1.165, 1.54) is 0 Å². The molecule has 2 atom stereocenters. The number of amides is 3. The molecule has 0 unspecified atom stereocenters. The predicted molar refractivity (Wildman–Crippen MR) is 102 cm³/mol. The van der Waals surface area contributed by atoms with Crippen molar-refractivity contribution in [2.75, 3.05) is 0 Å². The number of hydrogen-bond donors (Lipinski definition) is 3. The monoisotopic (exact) mass is 361 g/mol. The number of nitrogens with one attached hydrogen (secondary N) is 2. The van der Waals surface area contributed by atoms with Gasteiger partial charge in [-0.05, 0) is 18.9 Å². The fraction of sp³-hybridized carbons (Fsp3) is 0.550. The van der Waals surface area contributed by atoms with Crippen LogP contribution < -0.4 is 16.4 Å². The second-order valence-corrected chi connectivity index (χ2v) is 6.57. The van der Waals surface area contributed by atoms with Gasteiger partial charge in [-0.2, -0.15) is 0 Å². The molecule has 0 radical (unpaired) electrons. The summed E-state index contributed by atoms with van der Waals surface area (Å²) in [6.07, 6.45) is 4.70. The molecule has 0 heterocycles. The van der Waals surface area contributed by atoms with Crippen LogP contribution in [-0.2, 0) is 14.4 Å². The van der Waals surface area contributed by atoms with E-state index in [0.29, 0.717) is 6.42 Å². The molecule has 0 aromatic heterocycles. The molecule has 1 aromatic rings. The Balaban J connectivity index is 2.34. The summed E-state index contributed by atoms with van der Waals surface area (Å²) in [5, 5.41) is 5.51. The zero-order valence-electron chi connectivity index (χ0n) is 15.8. The quantitative estimate of drug-likeness (QED) is 0.499. The van der Waals surface area contributed by atoms with Crippen molar-refractivity contribution in [3.8, 4) is 0 Å². The Morgan fingerprint density at radius 3 is 2.15 bits per heavy atom. The Hall–Kier alpha value is -2.37. The van der Waals surface area contributed by atoms with E-state index >= 15 is 0 Å². The average Bonchev–Trinajstić information content (AvgIpc) is 2.63. The van der Waals surface area contributed by atoms with Gasteiger partial charge in [-0.3, -0.25) is 14.4 Å². The standard InChI is InChI=1S/C20H31N3O3/c1-3-4-5-9-12-17(20(21)26)23-19(25)14-13-18(24)22-15(2)16-10-7-6-8-11-16/h6-8,10-11,15,17H,3-5,9,12-14H2,1-2H3,(H2,21,26)(H,22,24)(H,23,25)/t15-,17-/m1/s1. The fourth-order valence-corrected chi connectivity index (χ4v) is 2.69. The van der Waals surface area contributed by atoms with Crippen LogP contribution in [0.5, 0.6) is 0 Å². The van der Waals surface area contributed by atoms with Crippen LogP contribution in [0.3, 0.4) is 0 Å². The van der Waals surface area contributed by atoms with Crippen LogP contribution in [-0.4, -0.2) is 23.8 Å². The van der Waals surface area contributed by atoms with Crippen LogP contribution in [0, 0.1) is 0 Å². The smallest absolute Gasteiger partial charge is 0.239 e. The number of hydrogen-bond acceptors (Lipinski definition) is 3. The summed E-state index contributed by atoms with van der Waals surface area (Å²) in [7, 11) is 0. The minimum absolute atomic E-state index is 0.0338. The molecule has 1 aromatic carbocycles. The van der Waals surface area contributed by atoms with Crippen LogP contribution in [0.25, 0.3) is 0 Å². The van der Waals surface area contributed by atoms with Crippen molar-refractivity contribution in [3.63, 3.8) is 0 Å². The number of carbonyl (C=O) groups is 3. The van der Waals surface area contributed by atoms with E-state index in [-0.39, 0.29) is 30.7 Å². The highest BCUT2D eigenvalue weighted by Gasteiger charge is 2.18. The molecule has 26 heavy (non-hydrogen) atoms. The summed E-state index contributed by atoms with van der Waals surface area (Å²) in [4.78, 5) is 35.5. The van der Waals surface area contributed by atoms with Gasteiger partial charge in [0.05, 0.1) is 6.04 Å². The SMILES string of the molecule is CCCCCC[C@@H](NC(=O)CCC(=O)N[C@H](C)c1ccccc1)C(N)=O. The third-order valence-corrected chi connectivity index (χ3v) is 4.28. The first kappa shape index (κ1) is 21.7. The lowest BCUT2D eigenvalue weighted by molar-refractivity contribution is -0.129. The number of unbranched alkanes of at least 4 members (excludes halogenated alkanes) is 3. The highest BCUT2D eigenvalue weighted by atomic mass is 16.2. The molecule has 0 bridgehead atoms. The Morgan fingerprint density at radius 1 is 0.962 bits per heavy atom. The number of carbonyl (C=O) groups excluding carboxylic acids is 3. The van der Waals surface area contributed by atoms with E-state index in [2.05, 4.69) is 17.6 Å². The zero-order valence-corrected chi connectivity index (χ0v) is 15.8. The molecule has 0 spiro atoms. The summed E-state index contributed by atoms with van der Waals surface area (Å²) < 4.78 is 0. The maximum Gasteiger partial charge on any atom is 0.239 e. The average molecular weight is 361 g/mol. The van der Waals surface area contributed by atoms with Crippen molar-refractivity contribution in [1.82, 2.24) is 10.6 Å². The second kappa shape index (κ2) is 12.1. The molecule has 4 N–H and O–H groups in total. The van der Waals surface area contributed by atoms with Gasteiger partial charge in [-0.1, -0.05) is 62.9 Å². The molecule has 1 rings (SSSR count). The van der Waals surface area contributed by atoms with Crippen LogP contribution >= 0.6 is 0 Å². The summed E-state index contributed by atoms with van der Waals surface area (Å²) in [5.74, 6) is -1.06. The maximum absolute atomic E-state index is 12.0. The second-order valence-electron chi connectivity index (χ2n) is 6.57. The summed E-state index contributed by atoms with van der Waals surface area (Å²) in [6, 6.07) is 8.83.